The van der Waals surface area contributed by atoms with Gasteiger partial charge >= 0.3 is 0 Å². The van der Waals surface area contributed by atoms with E-state index in [2.05, 4.69) is 25.6 Å². The molecule has 9 heteroatoms. The third-order valence-electron chi connectivity index (χ3n) is 4.33. The van der Waals surface area contributed by atoms with E-state index in [4.69, 9.17) is 4.42 Å². The molecule has 138 valence electrons. The Hall–Kier alpha value is -3.07. The van der Waals surface area contributed by atoms with Crippen LogP contribution in [0.3, 0.4) is 0 Å². The van der Waals surface area contributed by atoms with Gasteiger partial charge in [-0.25, -0.2) is 0 Å². The SMILES string of the molecule is Cc1nn(C)c(C)c1NC(=O)CSc1nnc(-c2c[nH]c3ccccc23)o1. The quantitative estimate of drug-likeness (QED) is 0.514. The molecular formula is C18H18N6O2S. The maximum Gasteiger partial charge on any atom is 0.277 e. The van der Waals surface area contributed by atoms with Gasteiger partial charge in [-0.3, -0.25) is 9.48 Å². The monoisotopic (exact) mass is 382 g/mol. The average Bonchev–Trinajstić information content (AvgIpc) is 3.34. The first-order valence-electron chi connectivity index (χ1n) is 8.36. The third kappa shape index (κ3) is 3.33. The molecule has 3 aromatic heterocycles. The van der Waals surface area contributed by atoms with E-state index in [9.17, 15) is 4.79 Å². The lowest BCUT2D eigenvalue weighted by Gasteiger charge is -2.04. The Bertz CT molecular complexity index is 1130. The van der Waals surface area contributed by atoms with Gasteiger partial charge in [0.15, 0.2) is 0 Å². The second kappa shape index (κ2) is 6.92. The van der Waals surface area contributed by atoms with Crippen LogP contribution in [-0.2, 0) is 11.8 Å². The molecule has 0 saturated heterocycles. The van der Waals surface area contributed by atoms with Crippen molar-refractivity contribution in [1.29, 1.82) is 0 Å². The summed E-state index contributed by atoms with van der Waals surface area (Å²) in [5.74, 6) is 0.448. The average molecular weight is 382 g/mol. The van der Waals surface area contributed by atoms with Crippen LogP contribution in [0.5, 0.6) is 0 Å². The van der Waals surface area contributed by atoms with E-state index in [1.54, 1.807) is 4.68 Å². The number of hydrogen-bond donors (Lipinski definition) is 2. The lowest BCUT2D eigenvalue weighted by Crippen LogP contribution is -2.15. The van der Waals surface area contributed by atoms with Crippen molar-refractivity contribution in [2.24, 2.45) is 7.05 Å². The zero-order chi connectivity index (χ0) is 19.0. The Morgan fingerprint density at radius 1 is 1.30 bits per heavy atom. The molecule has 0 spiro atoms. The summed E-state index contributed by atoms with van der Waals surface area (Å²) < 4.78 is 7.45. The van der Waals surface area contributed by atoms with Gasteiger partial charge < -0.3 is 14.7 Å². The second-order valence-electron chi connectivity index (χ2n) is 6.13. The number of fused-ring (bicyclic) bond motifs is 1. The molecule has 0 atom stereocenters. The van der Waals surface area contributed by atoms with Crippen molar-refractivity contribution in [2.75, 3.05) is 11.1 Å². The first kappa shape index (κ1) is 17.3. The Morgan fingerprint density at radius 2 is 2.11 bits per heavy atom. The fraction of sp³-hybridized carbons (Fsp3) is 0.222. The minimum Gasteiger partial charge on any atom is -0.411 e. The molecule has 2 N–H and O–H groups in total. The van der Waals surface area contributed by atoms with Gasteiger partial charge in [-0.05, 0) is 19.9 Å². The lowest BCUT2D eigenvalue weighted by atomic mass is 10.2. The van der Waals surface area contributed by atoms with Crippen LogP contribution >= 0.6 is 11.8 Å². The molecule has 27 heavy (non-hydrogen) atoms. The molecule has 0 saturated carbocycles. The number of aromatic nitrogens is 5. The molecule has 3 heterocycles. The first-order valence-corrected chi connectivity index (χ1v) is 9.34. The standard InChI is InChI=1S/C18H18N6O2S/c1-10-16(11(2)24(3)23-10)20-15(25)9-27-18-22-21-17(26-18)13-8-19-14-7-5-4-6-12(13)14/h4-8,19H,9H2,1-3H3,(H,20,25). The molecule has 0 aliphatic heterocycles. The zero-order valence-corrected chi connectivity index (χ0v) is 15.9. The number of aryl methyl sites for hydroxylation is 2. The van der Waals surface area contributed by atoms with E-state index in [-0.39, 0.29) is 11.7 Å². The van der Waals surface area contributed by atoms with Crippen LogP contribution in [0.1, 0.15) is 11.4 Å². The van der Waals surface area contributed by atoms with Crippen LogP contribution in [0.25, 0.3) is 22.4 Å². The number of amides is 1. The molecule has 4 aromatic rings. The highest BCUT2D eigenvalue weighted by atomic mass is 32.2. The van der Waals surface area contributed by atoms with Crippen LogP contribution in [0.15, 0.2) is 40.1 Å². The number of thioether (sulfide) groups is 1. The number of hydrogen-bond acceptors (Lipinski definition) is 6. The van der Waals surface area contributed by atoms with E-state index >= 15 is 0 Å². The normalized spacial score (nSPS) is 11.2. The molecule has 0 fully saturated rings. The van der Waals surface area contributed by atoms with Crippen LogP contribution in [0, 0.1) is 13.8 Å². The smallest absolute Gasteiger partial charge is 0.277 e. The molecular weight excluding hydrogens is 364 g/mol. The van der Waals surface area contributed by atoms with Crippen molar-refractivity contribution in [3.8, 4) is 11.5 Å². The number of benzene rings is 1. The van der Waals surface area contributed by atoms with Crippen LogP contribution < -0.4 is 5.32 Å². The summed E-state index contributed by atoms with van der Waals surface area (Å²) in [5, 5.41) is 16.7. The zero-order valence-electron chi connectivity index (χ0n) is 15.1. The second-order valence-corrected chi connectivity index (χ2v) is 7.05. The maximum atomic E-state index is 12.2. The van der Waals surface area contributed by atoms with E-state index in [1.165, 1.54) is 11.8 Å². The Kier molecular flexibility index (Phi) is 4.44. The predicted molar refractivity (Wildman–Crippen MR) is 104 cm³/mol. The summed E-state index contributed by atoms with van der Waals surface area (Å²) in [5.41, 5.74) is 4.28. The molecule has 0 aliphatic rings. The van der Waals surface area contributed by atoms with Gasteiger partial charge in [0.2, 0.25) is 5.91 Å². The van der Waals surface area contributed by atoms with Crippen LogP contribution in [-0.4, -0.2) is 36.6 Å². The van der Waals surface area contributed by atoms with E-state index in [0.717, 1.165) is 33.5 Å². The molecule has 1 amide bonds. The summed E-state index contributed by atoms with van der Waals surface area (Å²) in [4.78, 5) is 15.4. The third-order valence-corrected chi connectivity index (χ3v) is 5.14. The Morgan fingerprint density at radius 3 is 2.89 bits per heavy atom. The van der Waals surface area contributed by atoms with Crippen molar-refractivity contribution >= 4 is 34.3 Å². The Labute approximate surface area is 159 Å². The minimum atomic E-state index is -0.147. The number of rotatable bonds is 5. The summed E-state index contributed by atoms with van der Waals surface area (Å²) in [7, 11) is 1.84. The predicted octanol–water partition coefficient (Wildman–Crippen LogP) is 3.30. The van der Waals surface area contributed by atoms with Crippen molar-refractivity contribution < 1.29 is 9.21 Å². The number of H-pyrrole nitrogens is 1. The van der Waals surface area contributed by atoms with Crippen molar-refractivity contribution in [2.45, 2.75) is 19.1 Å². The van der Waals surface area contributed by atoms with Crippen LogP contribution in [0.2, 0.25) is 0 Å². The molecule has 1 aromatic carbocycles. The van der Waals surface area contributed by atoms with Gasteiger partial charge in [0.1, 0.15) is 0 Å². The fourth-order valence-electron chi connectivity index (χ4n) is 2.88. The fourth-order valence-corrected chi connectivity index (χ4v) is 3.45. The number of nitrogens with zero attached hydrogens (tertiary/aromatic N) is 4. The molecule has 4 rings (SSSR count). The van der Waals surface area contributed by atoms with Gasteiger partial charge in [-0.1, -0.05) is 30.0 Å². The Balaban J connectivity index is 1.43. The summed E-state index contributed by atoms with van der Waals surface area (Å²) in [6.07, 6.45) is 1.84. The topological polar surface area (TPSA) is 102 Å². The van der Waals surface area contributed by atoms with Gasteiger partial charge in [0.25, 0.3) is 11.1 Å². The van der Waals surface area contributed by atoms with Crippen molar-refractivity contribution in [1.82, 2.24) is 25.0 Å². The van der Waals surface area contributed by atoms with Crippen LogP contribution in [0.4, 0.5) is 5.69 Å². The summed E-state index contributed by atoms with van der Waals surface area (Å²) >= 11 is 1.20. The van der Waals surface area contributed by atoms with Gasteiger partial charge in [-0.2, -0.15) is 5.10 Å². The molecule has 0 radical (unpaired) electrons. The number of carbonyl (C=O) groups is 1. The van der Waals surface area contributed by atoms with E-state index < -0.39 is 0 Å². The highest BCUT2D eigenvalue weighted by molar-refractivity contribution is 7.99. The number of aromatic amines is 1. The summed E-state index contributed by atoms with van der Waals surface area (Å²) in [6.45, 7) is 3.77. The number of nitrogens with one attached hydrogen (secondary N) is 2. The number of carbonyl (C=O) groups excluding carboxylic acids is 1. The number of para-hydroxylation sites is 1. The van der Waals surface area contributed by atoms with Gasteiger partial charge in [0, 0.05) is 24.1 Å². The number of anilines is 1. The molecule has 0 unspecified atom stereocenters. The van der Waals surface area contributed by atoms with Crippen molar-refractivity contribution in [3.63, 3.8) is 0 Å². The summed E-state index contributed by atoms with van der Waals surface area (Å²) in [6, 6.07) is 7.89. The molecule has 0 bridgehead atoms. The highest BCUT2D eigenvalue weighted by Crippen LogP contribution is 2.29. The molecule has 0 aliphatic carbocycles. The van der Waals surface area contributed by atoms with E-state index in [1.807, 2.05) is 51.4 Å². The van der Waals surface area contributed by atoms with Gasteiger partial charge in [-0.15, -0.1) is 10.2 Å². The highest BCUT2D eigenvalue weighted by Gasteiger charge is 2.16. The minimum absolute atomic E-state index is 0.147. The van der Waals surface area contributed by atoms with Crippen molar-refractivity contribution in [3.05, 3.63) is 41.9 Å². The first-order chi connectivity index (χ1) is 13.0. The lowest BCUT2D eigenvalue weighted by molar-refractivity contribution is -0.113. The van der Waals surface area contributed by atoms with E-state index in [0.29, 0.717) is 11.1 Å². The largest absolute Gasteiger partial charge is 0.411 e. The molecule has 8 nitrogen and oxygen atoms in total. The van der Waals surface area contributed by atoms with Gasteiger partial charge in [0.05, 0.1) is 28.4 Å². The maximum absolute atomic E-state index is 12.2.